The highest BCUT2D eigenvalue weighted by atomic mass is 16.5. The molecule has 1 aromatic carbocycles. The average Bonchev–Trinajstić information content (AvgIpc) is 2.50. The molecular weight excluding hydrogens is 248 g/mol. The zero-order valence-electron chi connectivity index (χ0n) is 11.6. The molecule has 1 aromatic rings. The summed E-state index contributed by atoms with van der Waals surface area (Å²) >= 11 is 0. The molecule has 1 N–H and O–H groups in total. The van der Waals surface area contributed by atoms with E-state index in [0.717, 1.165) is 50.4 Å². The highest BCUT2D eigenvalue weighted by Gasteiger charge is 2.06. The second-order valence-corrected chi connectivity index (χ2v) is 5.17. The van der Waals surface area contributed by atoms with Crippen LogP contribution in [0.3, 0.4) is 0 Å². The number of rotatable bonds is 2. The lowest BCUT2D eigenvalue weighted by molar-refractivity contribution is 0.529. The molecule has 2 aliphatic heterocycles. The van der Waals surface area contributed by atoms with E-state index >= 15 is 0 Å². The Bertz CT molecular complexity index is 550. The first-order valence-corrected chi connectivity index (χ1v) is 7.30. The summed E-state index contributed by atoms with van der Waals surface area (Å²) in [5.74, 6) is 1.68. The van der Waals surface area contributed by atoms with Crippen LogP contribution in [-0.4, -0.2) is 19.0 Å². The molecule has 104 valence electrons. The topological polar surface area (TPSA) is 33.6 Å². The van der Waals surface area contributed by atoms with Crippen molar-refractivity contribution in [2.24, 2.45) is 4.99 Å². The van der Waals surface area contributed by atoms with Crippen LogP contribution in [0.4, 0.5) is 0 Å². The van der Waals surface area contributed by atoms with Gasteiger partial charge in [0.15, 0.2) is 5.90 Å². The van der Waals surface area contributed by atoms with Crippen LogP contribution in [0, 0.1) is 0 Å². The summed E-state index contributed by atoms with van der Waals surface area (Å²) in [6.45, 7) is 2.18. The van der Waals surface area contributed by atoms with Crippen molar-refractivity contribution in [3.8, 4) is 5.75 Å². The quantitative estimate of drug-likeness (QED) is 0.890. The van der Waals surface area contributed by atoms with Crippen LogP contribution in [0.2, 0.25) is 0 Å². The lowest BCUT2D eigenvalue weighted by atomic mass is 10.0. The van der Waals surface area contributed by atoms with E-state index in [1.165, 1.54) is 11.1 Å². The molecule has 20 heavy (non-hydrogen) atoms. The maximum atomic E-state index is 5.84. The summed E-state index contributed by atoms with van der Waals surface area (Å²) in [5.41, 5.74) is 2.73. The minimum absolute atomic E-state index is 0.805. The van der Waals surface area contributed by atoms with Gasteiger partial charge >= 0.3 is 0 Å². The summed E-state index contributed by atoms with van der Waals surface area (Å²) in [4.78, 5) is 4.26. The zero-order chi connectivity index (χ0) is 13.6. The Kier molecular flexibility index (Phi) is 4.28. The molecule has 1 saturated heterocycles. The molecule has 0 aliphatic carbocycles. The van der Waals surface area contributed by atoms with Crippen LogP contribution >= 0.6 is 0 Å². The Morgan fingerprint density at radius 1 is 1.15 bits per heavy atom. The number of allylic oxidation sites excluding steroid dienone is 1. The minimum Gasteiger partial charge on any atom is -0.443 e. The molecule has 3 rings (SSSR count). The van der Waals surface area contributed by atoms with Gasteiger partial charge in [0, 0.05) is 12.6 Å². The maximum absolute atomic E-state index is 5.84. The van der Waals surface area contributed by atoms with Gasteiger partial charge in [-0.2, -0.15) is 0 Å². The van der Waals surface area contributed by atoms with Crippen molar-refractivity contribution in [2.75, 3.05) is 13.1 Å². The van der Waals surface area contributed by atoms with E-state index in [2.05, 4.69) is 34.6 Å². The number of nitrogens with zero attached hydrogens (tertiary/aromatic N) is 1. The molecule has 0 saturated carbocycles. The fraction of sp³-hybridized carbons (Fsp3) is 0.353. The van der Waals surface area contributed by atoms with Crippen LogP contribution in [-0.2, 0) is 0 Å². The average molecular weight is 268 g/mol. The van der Waals surface area contributed by atoms with Gasteiger partial charge < -0.3 is 10.1 Å². The molecule has 0 aromatic heterocycles. The highest BCUT2D eigenvalue weighted by Crippen LogP contribution is 2.20. The van der Waals surface area contributed by atoms with Crippen LogP contribution in [0.5, 0.6) is 5.75 Å². The van der Waals surface area contributed by atoms with Gasteiger partial charge in [-0.05, 0) is 50.0 Å². The lowest BCUT2D eigenvalue weighted by Crippen LogP contribution is -2.22. The van der Waals surface area contributed by atoms with Crippen molar-refractivity contribution in [1.82, 2.24) is 5.32 Å². The minimum atomic E-state index is 0.805. The molecule has 0 spiro atoms. The third-order valence-electron chi connectivity index (χ3n) is 3.56. The molecule has 0 amide bonds. The number of ether oxygens (including phenoxy) is 1. The largest absolute Gasteiger partial charge is 0.443 e. The number of benzene rings is 1. The highest BCUT2D eigenvalue weighted by molar-refractivity contribution is 5.80. The van der Waals surface area contributed by atoms with Gasteiger partial charge in [-0.15, -0.1) is 0 Å². The molecule has 2 heterocycles. The predicted molar refractivity (Wildman–Crippen MR) is 83.0 cm³/mol. The third kappa shape index (κ3) is 3.58. The SMILES string of the molecule is C1=CN=C(Oc2cccc(C=C3CCNCC3)c2)CC1. The fourth-order valence-corrected chi connectivity index (χ4v) is 2.49. The molecule has 0 unspecified atom stereocenters. The summed E-state index contributed by atoms with van der Waals surface area (Å²) in [6, 6.07) is 8.26. The van der Waals surface area contributed by atoms with E-state index in [0.29, 0.717) is 0 Å². The summed E-state index contributed by atoms with van der Waals surface area (Å²) in [5, 5.41) is 3.38. The number of piperidine rings is 1. The van der Waals surface area contributed by atoms with Crippen LogP contribution in [0.15, 0.2) is 47.1 Å². The molecule has 3 heteroatoms. The maximum Gasteiger partial charge on any atom is 0.194 e. The second-order valence-electron chi connectivity index (χ2n) is 5.17. The number of aliphatic imine (C=N–C) groups is 1. The van der Waals surface area contributed by atoms with Gasteiger partial charge in [0.25, 0.3) is 0 Å². The van der Waals surface area contributed by atoms with E-state index in [9.17, 15) is 0 Å². The molecule has 2 aliphatic rings. The number of hydrogen-bond donors (Lipinski definition) is 1. The van der Waals surface area contributed by atoms with Gasteiger partial charge in [-0.3, -0.25) is 0 Å². The van der Waals surface area contributed by atoms with E-state index in [-0.39, 0.29) is 0 Å². The predicted octanol–water partition coefficient (Wildman–Crippen LogP) is 3.54. The summed E-state index contributed by atoms with van der Waals surface area (Å²) in [7, 11) is 0. The molecular formula is C17H20N2O. The normalized spacial score (nSPS) is 18.6. The summed E-state index contributed by atoms with van der Waals surface area (Å²) in [6.07, 6.45) is 10.3. The Hall–Kier alpha value is -1.87. The summed E-state index contributed by atoms with van der Waals surface area (Å²) < 4.78 is 5.84. The smallest absolute Gasteiger partial charge is 0.194 e. The van der Waals surface area contributed by atoms with Gasteiger partial charge in [0.05, 0.1) is 0 Å². The van der Waals surface area contributed by atoms with Crippen LogP contribution < -0.4 is 10.1 Å². The standard InChI is InChI=1S/C17H20N2O/c1-2-9-19-17(6-1)20-16-5-3-4-15(13-16)12-14-7-10-18-11-8-14/h2-5,9,12-13,18H,1,6-8,10-11H2. The molecule has 0 atom stereocenters. The number of nitrogens with one attached hydrogen (secondary N) is 1. The van der Waals surface area contributed by atoms with Crippen molar-refractivity contribution in [2.45, 2.75) is 25.7 Å². The van der Waals surface area contributed by atoms with Crippen LogP contribution in [0.25, 0.3) is 6.08 Å². The first-order chi connectivity index (χ1) is 9.90. The first-order valence-electron chi connectivity index (χ1n) is 7.30. The van der Waals surface area contributed by atoms with Crippen LogP contribution in [0.1, 0.15) is 31.2 Å². The molecule has 1 fully saturated rings. The monoisotopic (exact) mass is 268 g/mol. The van der Waals surface area contributed by atoms with Gasteiger partial charge in [-0.25, -0.2) is 4.99 Å². The molecule has 0 bridgehead atoms. The van der Waals surface area contributed by atoms with E-state index in [1.807, 2.05) is 18.3 Å². The van der Waals surface area contributed by atoms with E-state index in [1.54, 1.807) is 0 Å². The van der Waals surface area contributed by atoms with Crippen molar-refractivity contribution in [1.29, 1.82) is 0 Å². The van der Waals surface area contributed by atoms with Gasteiger partial charge in [0.2, 0.25) is 0 Å². The fourth-order valence-electron chi connectivity index (χ4n) is 2.49. The Morgan fingerprint density at radius 2 is 2.05 bits per heavy atom. The van der Waals surface area contributed by atoms with E-state index in [4.69, 9.17) is 4.74 Å². The number of hydrogen-bond acceptors (Lipinski definition) is 3. The molecule has 0 radical (unpaired) electrons. The Morgan fingerprint density at radius 3 is 2.85 bits per heavy atom. The zero-order valence-corrected chi connectivity index (χ0v) is 11.6. The molecule has 3 nitrogen and oxygen atoms in total. The van der Waals surface area contributed by atoms with Crippen molar-refractivity contribution in [3.63, 3.8) is 0 Å². The lowest BCUT2D eigenvalue weighted by Gasteiger charge is -2.15. The van der Waals surface area contributed by atoms with Crippen molar-refractivity contribution in [3.05, 3.63) is 47.7 Å². The second kappa shape index (κ2) is 6.53. The van der Waals surface area contributed by atoms with Crippen molar-refractivity contribution < 1.29 is 4.74 Å². The Balaban J connectivity index is 1.72. The Labute approximate surface area is 120 Å². The third-order valence-corrected chi connectivity index (χ3v) is 3.56. The van der Waals surface area contributed by atoms with Crippen molar-refractivity contribution >= 4 is 12.0 Å². The van der Waals surface area contributed by atoms with Gasteiger partial charge in [0.1, 0.15) is 5.75 Å². The first kappa shape index (κ1) is 13.1. The van der Waals surface area contributed by atoms with Gasteiger partial charge in [-0.1, -0.05) is 29.9 Å². The van der Waals surface area contributed by atoms with E-state index < -0.39 is 0 Å².